The van der Waals surface area contributed by atoms with E-state index in [0.29, 0.717) is 16.7 Å². The van der Waals surface area contributed by atoms with E-state index >= 15 is 0 Å². The highest BCUT2D eigenvalue weighted by molar-refractivity contribution is 6.30. The molecule has 0 saturated heterocycles. The molecule has 0 spiro atoms. The summed E-state index contributed by atoms with van der Waals surface area (Å²) < 4.78 is 1.25. The summed E-state index contributed by atoms with van der Waals surface area (Å²) in [5.74, 6) is 0.466. The minimum Gasteiger partial charge on any atom is -0.267 e. The number of rotatable bonds is 1. The summed E-state index contributed by atoms with van der Waals surface area (Å²) in [6.07, 6.45) is 2.26. The van der Waals surface area contributed by atoms with Crippen molar-refractivity contribution in [2.24, 2.45) is 0 Å². The molecule has 4 nitrogen and oxygen atoms in total. The number of halogens is 1. The Morgan fingerprint density at radius 2 is 2.19 bits per heavy atom. The molecule has 0 aliphatic heterocycles. The molecule has 16 heavy (non-hydrogen) atoms. The van der Waals surface area contributed by atoms with Crippen LogP contribution in [-0.2, 0) is 0 Å². The molecule has 2 aromatic heterocycles. The van der Waals surface area contributed by atoms with Crippen molar-refractivity contribution < 1.29 is 0 Å². The summed E-state index contributed by atoms with van der Waals surface area (Å²) in [5, 5.41) is 4.35. The van der Waals surface area contributed by atoms with Gasteiger partial charge in [0.25, 0.3) is 5.56 Å². The molecule has 0 aromatic carbocycles. The lowest BCUT2D eigenvalue weighted by molar-refractivity contribution is 0.839. The average Bonchev–Trinajstić information content (AvgIpc) is 3.04. The van der Waals surface area contributed by atoms with Gasteiger partial charge in [-0.1, -0.05) is 11.6 Å². The van der Waals surface area contributed by atoms with Crippen molar-refractivity contribution in [3.63, 3.8) is 0 Å². The summed E-state index contributed by atoms with van der Waals surface area (Å²) in [7, 11) is 0. The van der Waals surface area contributed by atoms with Gasteiger partial charge in [0.2, 0.25) is 0 Å². The number of hydrogen-bond acceptors (Lipinski definition) is 3. The number of hydrogen-bond donors (Lipinski definition) is 0. The standard InChI is InChI=1S/C11H10ClN3O/c1-6-4-9-13-8(7-2-3-7)5-10(16)15(9)14-11(6)12/h4-5,7H,2-3H2,1H3. The van der Waals surface area contributed by atoms with Crippen LogP contribution >= 0.6 is 11.6 Å². The van der Waals surface area contributed by atoms with Gasteiger partial charge in [-0.2, -0.15) is 9.61 Å². The van der Waals surface area contributed by atoms with E-state index in [0.717, 1.165) is 24.1 Å². The third-order valence-electron chi connectivity index (χ3n) is 2.80. The number of aromatic nitrogens is 3. The Morgan fingerprint density at radius 3 is 2.88 bits per heavy atom. The SMILES string of the molecule is Cc1cc2nc(C3CC3)cc(=O)n2nc1Cl. The number of nitrogens with zero attached hydrogens (tertiary/aromatic N) is 3. The summed E-state index contributed by atoms with van der Waals surface area (Å²) >= 11 is 5.88. The Balaban J connectivity index is 2.33. The van der Waals surface area contributed by atoms with Gasteiger partial charge < -0.3 is 0 Å². The van der Waals surface area contributed by atoms with Crippen LogP contribution in [0.4, 0.5) is 0 Å². The average molecular weight is 236 g/mol. The fraction of sp³-hybridized carbons (Fsp3) is 0.364. The number of fused-ring (bicyclic) bond motifs is 1. The van der Waals surface area contributed by atoms with Crippen LogP contribution in [0.2, 0.25) is 5.15 Å². The molecule has 0 N–H and O–H groups in total. The highest BCUT2D eigenvalue weighted by Crippen LogP contribution is 2.38. The topological polar surface area (TPSA) is 47.3 Å². The molecule has 5 heteroatoms. The van der Waals surface area contributed by atoms with E-state index in [1.807, 2.05) is 6.92 Å². The summed E-state index contributed by atoms with van der Waals surface area (Å²) in [6.45, 7) is 1.85. The molecule has 0 amide bonds. The zero-order chi connectivity index (χ0) is 11.3. The minimum absolute atomic E-state index is 0.159. The maximum atomic E-state index is 11.8. The minimum atomic E-state index is -0.159. The van der Waals surface area contributed by atoms with E-state index in [9.17, 15) is 4.79 Å². The zero-order valence-corrected chi connectivity index (χ0v) is 9.53. The molecule has 0 radical (unpaired) electrons. The second-order valence-corrected chi connectivity index (χ2v) is 4.54. The first kappa shape index (κ1) is 9.78. The Bertz CT molecular complexity index is 631. The molecule has 0 unspecified atom stereocenters. The molecule has 82 valence electrons. The Kier molecular flexibility index (Phi) is 2.01. The predicted molar refractivity (Wildman–Crippen MR) is 61.0 cm³/mol. The van der Waals surface area contributed by atoms with Crippen molar-refractivity contribution >= 4 is 17.2 Å². The van der Waals surface area contributed by atoms with Crippen LogP contribution in [0.5, 0.6) is 0 Å². The second kappa shape index (κ2) is 3.28. The van der Waals surface area contributed by atoms with E-state index in [2.05, 4.69) is 10.1 Å². The van der Waals surface area contributed by atoms with Gasteiger partial charge >= 0.3 is 0 Å². The molecule has 1 aliphatic rings. The Labute approximate surface area is 96.9 Å². The lowest BCUT2D eigenvalue weighted by Gasteiger charge is -2.04. The van der Waals surface area contributed by atoms with Crippen molar-refractivity contribution in [3.8, 4) is 0 Å². The van der Waals surface area contributed by atoms with Crippen LogP contribution in [0, 0.1) is 6.92 Å². The van der Waals surface area contributed by atoms with Crippen molar-refractivity contribution in [1.82, 2.24) is 14.6 Å². The van der Waals surface area contributed by atoms with Crippen LogP contribution in [0.3, 0.4) is 0 Å². The Hall–Kier alpha value is -1.42. The molecule has 1 aliphatic carbocycles. The van der Waals surface area contributed by atoms with E-state index in [1.165, 1.54) is 4.52 Å². The molecule has 0 atom stereocenters. The van der Waals surface area contributed by atoms with Crippen molar-refractivity contribution in [2.45, 2.75) is 25.7 Å². The van der Waals surface area contributed by atoms with E-state index in [1.54, 1.807) is 12.1 Å². The van der Waals surface area contributed by atoms with Gasteiger partial charge in [0.1, 0.15) is 0 Å². The second-order valence-electron chi connectivity index (χ2n) is 4.18. The molecule has 3 rings (SSSR count). The van der Waals surface area contributed by atoms with Crippen molar-refractivity contribution in [1.29, 1.82) is 0 Å². The fourth-order valence-electron chi connectivity index (χ4n) is 1.71. The monoisotopic (exact) mass is 235 g/mol. The smallest absolute Gasteiger partial charge is 0.267 e. The largest absolute Gasteiger partial charge is 0.274 e. The molecule has 0 bridgehead atoms. The molecule has 1 saturated carbocycles. The highest BCUT2D eigenvalue weighted by Gasteiger charge is 2.26. The Morgan fingerprint density at radius 1 is 1.44 bits per heavy atom. The highest BCUT2D eigenvalue weighted by atomic mass is 35.5. The normalized spacial score (nSPS) is 15.6. The third-order valence-corrected chi connectivity index (χ3v) is 3.17. The first-order chi connectivity index (χ1) is 7.65. The van der Waals surface area contributed by atoms with Crippen molar-refractivity contribution in [2.75, 3.05) is 0 Å². The van der Waals surface area contributed by atoms with Crippen LogP contribution in [0.25, 0.3) is 5.65 Å². The van der Waals surface area contributed by atoms with Crippen LogP contribution in [-0.4, -0.2) is 14.6 Å². The lowest BCUT2D eigenvalue weighted by Crippen LogP contribution is -2.18. The molecule has 2 aromatic rings. The van der Waals surface area contributed by atoms with Crippen LogP contribution in [0.15, 0.2) is 16.9 Å². The first-order valence-corrected chi connectivity index (χ1v) is 5.60. The summed E-state index contributed by atoms with van der Waals surface area (Å²) in [6, 6.07) is 3.35. The maximum Gasteiger partial charge on any atom is 0.274 e. The van der Waals surface area contributed by atoms with Gasteiger partial charge in [-0.3, -0.25) is 4.79 Å². The molecular formula is C11H10ClN3O. The van der Waals surface area contributed by atoms with Crippen molar-refractivity contribution in [3.05, 3.63) is 38.9 Å². The van der Waals surface area contributed by atoms with Crippen LogP contribution < -0.4 is 5.56 Å². The van der Waals surface area contributed by atoms with Gasteiger partial charge in [-0.15, -0.1) is 0 Å². The van der Waals surface area contributed by atoms with Gasteiger partial charge in [0, 0.05) is 12.0 Å². The lowest BCUT2D eigenvalue weighted by atomic mass is 10.3. The fourth-order valence-corrected chi connectivity index (χ4v) is 1.84. The molecular weight excluding hydrogens is 226 g/mol. The number of aryl methyl sites for hydroxylation is 1. The van der Waals surface area contributed by atoms with Gasteiger partial charge in [0.05, 0.1) is 5.69 Å². The van der Waals surface area contributed by atoms with Gasteiger partial charge in [0.15, 0.2) is 10.8 Å². The summed E-state index contributed by atoms with van der Waals surface area (Å²) in [5.41, 5.74) is 2.14. The first-order valence-electron chi connectivity index (χ1n) is 5.22. The molecule has 1 fully saturated rings. The maximum absolute atomic E-state index is 11.8. The van der Waals surface area contributed by atoms with E-state index in [-0.39, 0.29) is 5.56 Å². The van der Waals surface area contributed by atoms with Gasteiger partial charge in [-0.05, 0) is 31.4 Å². The zero-order valence-electron chi connectivity index (χ0n) is 8.77. The predicted octanol–water partition coefficient (Wildman–Crippen LogP) is 1.93. The summed E-state index contributed by atoms with van der Waals surface area (Å²) in [4.78, 5) is 16.2. The quantitative estimate of drug-likeness (QED) is 0.759. The third kappa shape index (κ3) is 1.50. The molecule has 2 heterocycles. The van der Waals surface area contributed by atoms with Crippen LogP contribution in [0.1, 0.15) is 30.0 Å². The van der Waals surface area contributed by atoms with E-state index in [4.69, 9.17) is 11.6 Å². The van der Waals surface area contributed by atoms with Gasteiger partial charge in [-0.25, -0.2) is 4.98 Å². The van der Waals surface area contributed by atoms with E-state index < -0.39 is 0 Å².